The molecule has 4 atom stereocenters. The van der Waals surface area contributed by atoms with Crippen LogP contribution in [0.15, 0.2) is 48.7 Å². The van der Waals surface area contributed by atoms with E-state index in [1.807, 2.05) is 37.4 Å². The van der Waals surface area contributed by atoms with Gasteiger partial charge in [-0.1, -0.05) is 36.4 Å². The van der Waals surface area contributed by atoms with Crippen molar-refractivity contribution in [3.63, 3.8) is 0 Å². The van der Waals surface area contributed by atoms with Crippen LogP contribution in [0.3, 0.4) is 0 Å². The van der Waals surface area contributed by atoms with Crippen LogP contribution in [0.1, 0.15) is 22.7 Å². The number of hydrogen-bond donors (Lipinski definition) is 2. The molecular formula is C20H24N2O2. The molecular weight excluding hydrogens is 300 g/mol. The second kappa shape index (κ2) is 5.96. The minimum absolute atomic E-state index is 0.135. The summed E-state index contributed by atoms with van der Waals surface area (Å²) >= 11 is 0. The lowest BCUT2D eigenvalue weighted by Crippen LogP contribution is -2.23. The third kappa shape index (κ3) is 2.37. The monoisotopic (exact) mass is 324 g/mol. The normalized spacial score (nSPS) is 32.4. The second-order valence-corrected chi connectivity index (χ2v) is 7.22. The minimum atomic E-state index is -0.392. The molecule has 126 valence electrons. The second-order valence-electron chi connectivity index (χ2n) is 7.22. The van der Waals surface area contributed by atoms with Gasteiger partial charge >= 0.3 is 0 Å². The van der Waals surface area contributed by atoms with Gasteiger partial charge in [0.25, 0.3) is 0 Å². The molecule has 2 aromatic rings. The van der Waals surface area contributed by atoms with Crippen LogP contribution in [0.25, 0.3) is 0 Å². The lowest BCUT2D eigenvalue weighted by molar-refractivity contribution is 0.111. The zero-order chi connectivity index (χ0) is 16.7. The fourth-order valence-corrected chi connectivity index (χ4v) is 4.71. The van der Waals surface area contributed by atoms with E-state index in [4.69, 9.17) is 0 Å². The van der Waals surface area contributed by atoms with E-state index in [1.54, 1.807) is 0 Å². The Kier molecular flexibility index (Phi) is 3.91. The summed E-state index contributed by atoms with van der Waals surface area (Å²) in [6.07, 6.45) is 1.42. The molecule has 2 fully saturated rings. The molecule has 1 spiro atoms. The standard InChI is InChI=1S/C20H24N2O2/c1-14-16(8-5-9-21-14)10-22-11-18(24)20(13-22)17(12-23)19(20)15-6-3-2-4-7-15/h2-9,17-19,23-24H,10-13H2,1H3/t17-,18-,19-,20-/m1/s1. The number of β-amino-alcohol motifs (C(OH)–C–C–N with tert-alkyl or cyclic N) is 1. The molecule has 0 unspecified atom stereocenters. The SMILES string of the molecule is Cc1ncccc1CN1C[C@@H](O)[C@@]2(C1)[C@H](CO)[C@H]2c1ccccc1. The summed E-state index contributed by atoms with van der Waals surface area (Å²) in [5, 5.41) is 20.7. The van der Waals surface area contributed by atoms with Crippen molar-refractivity contribution in [2.45, 2.75) is 25.5 Å². The van der Waals surface area contributed by atoms with E-state index < -0.39 is 6.10 Å². The van der Waals surface area contributed by atoms with Crippen molar-refractivity contribution in [1.82, 2.24) is 9.88 Å². The summed E-state index contributed by atoms with van der Waals surface area (Å²) in [5.41, 5.74) is 3.28. The smallest absolute Gasteiger partial charge is 0.0745 e. The van der Waals surface area contributed by atoms with E-state index in [1.165, 1.54) is 11.1 Å². The summed E-state index contributed by atoms with van der Waals surface area (Å²) < 4.78 is 0. The Balaban J connectivity index is 1.55. The molecule has 4 heteroatoms. The van der Waals surface area contributed by atoms with Crippen LogP contribution in [-0.2, 0) is 6.54 Å². The highest BCUT2D eigenvalue weighted by Gasteiger charge is 2.70. The Morgan fingerprint density at radius 2 is 2.00 bits per heavy atom. The topological polar surface area (TPSA) is 56.6 Å². The van der Waals surface area contributed by atoms with Gasteiger partial charge < -0.3 is 10.2 Å². The van der Waals surface area contributed by atoms with Crippen molar-refractivity contribution in [2.24, 2.45) is 11.3 Å². The maximum absolute atomic E-state index is 10.8. The van der Waals surface area contributed by atoms with E-state index in [9.17, 15) is 10.2 Å². The molecule has 2 N–H and O–H groups in total. The number of aliphatic hydroxyl groups excluding tert-OH is 2. The number of nitrogens with zero attached hydrogens (tertiary/aromatic N) is 2. The van der Waals surface area contributed by atoms with Crippen LogP contribution in [-0.4, -0.2) is 45.9 Å². The summed E-state index contributed by atoms with van der Waals surface area (Å²) in [6.45, 7) is 4.45. The van der Waals surface area contributed by atoms with E-state index in [-0.39, 0.29) is 23.9 Å². The first-order chi connectivity index (χ1) is 11.7. The van der Waals surface area contributed by atoms with Crippen LogP contribution in [0.2, 0.25) is 0 Å². The molecule has 4 nitrogen and oxygen atoms in total. The van der Waals surface area contributed by atoms with Crippen molar-refractivity contribution in [3.8, 4) is 0 Å². The lowest BCUT2D eigenvalue weighted by atomic mass is 9.95. The fraction of sp³-hybridized carbons (Fsp3) is 0.450. The maximum atomic E-state index is 10.8. The van der Waals surface area contributed by atoms with E-state index in [0.29, 0.717) is 6.54 Å². The number of pyridine rings is 1. The summed E-state index contributed by atoms with van der Waals surface area (Å²) in [5.74, 6) is 0.397. The van der Waals surface area contributed by atoms with Crippen LogP contribution in [0.4, 0.5) is 0 Å². The molecule has 0 radical (unpaired) electrons. The van der Waals surface area contributed by atoms with Gasteiger partial charge in [-0.2, -0.15) is 0 Å². The molecule has 0 amide bonds. The predicted octanol–water partition coefficient (Wildman–Crippen LogP) is 1.96. The van der Waals surface area contributed by atoms with Crippen molar-refractivity contribution < 1.29 is 10.2 Å². The minimum Gasteiger partial charge on any atom is -0.396 e. The van der Waals surface area contributed by atoms with Gasteiger partial charge in [-0.15, -0.1) is 0 Å². The number of hydrogen-bond acceptors (Lipinski definition) is 4. The molecule has 1 aliphatic heterocycles. The Morgan fingerprint density at radius 1 is 1.21 bits per heavy atom. The van der Waals surface area contributed by atoms with Crippen LogP contribution < -0.4 is 0 Å². The van der Waals surface area contributed by atoms with Crippen molar-refractivity contribution in [3.05, 3.63) is 65.5 Å². The van der Waals surface area contributed by atoms with Crippen LogP contribution >= 0.6 is 0 Å². The number of rotatable bonds is 4. The first-order valence-corrected chi connectivity index (χ1v) is 8.63. The predicted molar refractivity (Wildman–Crippen MR) is 92.4 cm³/mol. The average Bonchev–Trinajstić information content (AvgIpc) is 3.14. The van der Waals surface area contributed by atoms with E-state index >= 15 is 0 Å². The lowest BCUT2D eigenvalue weighted by Gasteiger charge is -2.17. The first-order valence-electron chi connectivity index (χ1n) is 8.63. The molecule has 24 heavy (non-hydrogen) atoms. The number of likely N-dealkylation sites (tertiary alicyclic amines) is 1. The van der Waals surface area contributed by atoms with Crippen molar-refractivity contribution in [2.75, 3.05) is 19.7 Å². The summed E-state index contributed by atoms with van der Waals surface area (Å²) in [7, 11) is 0. The summed E-state index contributed by atoms with van der Waals surface area (Å²) in [4.78, 5) is 6.66. The third-order valence-electron chi connectivity index (χ3n) is 5.98. The fourth-order valence-electron chi connectivity index (χ4n) is 4.71. The molecule has 4 rings (SSSR count). The highest BCUT2D eigenvalue weighted by molar-refractivity contribution is 5.36. The van der Waals surface area contributed by atoms with Gasteiger partial charge in [0.2, 0.25) is 0 Å². The molecule has 2 aliphatic rings. The Bertz CT molecular complexity index is 721. The Labute approximate surface area is 142 Å². The quantitative estimate of drug-likeness (QED) is 0.903. The number of aromatic nitrogens is 1. The van der Waals surface area contributed by atoms with Gasteiger partial charge in [-0.05, 0) is 36.0 Å². The molecule has 1 aliphatic carbocycles. The van der Waals surface area contributed by atoms with Crippen LogP contribution in [0, 0.1) is 18.3 Å². The van der Waals surface area contributed by atoms with Gasteiger partial charge in [-0.3, -0.25) is 9.88 Å². The van der Waals surface area contributed by atoms with E-state index in [0.717, 1.165) is 18.8 Å². The van der Waals surface area contributed by atoms with Gasteiger partial charge in [-0.25, -0.2) is 0 Å². The van der Waals surface area contributed by atoms with Crippen molar-refractivity contribution in [1.29, 1.82) is 0 Å². The van der Waals surface area contributed by atoms with Gasteiger partial charge in [0, 0.05) is 43.5 Å². The number of aryl methyl sites for hydroxylation is 1. The zero-order valence-corrected chi connectivity index (χ0v) is 14.0. The summed E-state index contributed by atoms with van der Waals surface area (Å²) in [6, 6.07) is 14.4. The van der Waals surface area contributed by atoms with Gasteiger partial charge in [0.15, 0.2) is 0 Å². The highest BCUT2D eigenvalue weighted by atomic mass is 16.3. The molecule has 0 bridgehead atoms. The van der Waals surface area contributed by atoms with Crippen molar-refractivity contribution >= 4 is 0 Å². The molecule has 2 heterocycles. The Morgan fingerprint density at radius 3 is 2.71 bits per heavy atom. The number of benzene rings is 1. The van der Waals surface area contributed by atoms with Gasteiger partial charge in [0.1, 0.15) is 0 Å². The first kappa shape index (κ1) is 15.8. The number of aliphatic hydroxyl groups is 2. The Hall–Kier alpha value is -1.75. The van der Waals surface area contributed by atoms with Crippen LogP contribution in [0.5, 0.6) is 0 Å². The highest BCUT2D eigenvalue weighted by Crippen LogP contribution is 2.68. The molecule has 1 saturated carbocycles. The van der Waals surface area contributed by atoms with Gasteiger partial charge in [0.05, 0.1) is 6.10 Å². The molecule has 1 aromatic heterocycles. The largest absolute Gasteiger partial charge is 0.396 e. The molecule has 1 aromatic carbocycles. The zero-order valence-electron chi connectivity index (χ0n) is 14.0. The van der Waals surface area contributed by atoms with E-state index in [2.05, 4.69) is 28.1 Å². The average molecular weight is 324 g/mol. The maximum Gasteiger partial charge on any atom is 0.0745 e. The third-order valence-corrected chi connectivity index (χ3v) is 5.98. The molecule has 1 saturated heterocycles.